The normalized spacial score (nSPS) is 12.4. The molecule has 0 aliphatic heterocycles. The van der Waals surface area contributed by atoms with Crippen LogP contribution in [0.3, 0.4) is 0 Å². The highest BCUT2D eigenvalue weighted by Gasteiger charge is 2.20. The molecule has 2 aromatic carbocycles. The fourth-order valence-corrected chi connectivity index (χ4v) is 4.15. The van der Waals surface area contributed by atoms with Gasteiger partial charge in [-0.1, -0.05) is 48.6 Å². The van der Waals surface area contributed by atoms with Gasteiger partial charge >= 0.3 is 0 Å². The average Bonchev–Trinajstić information content (AvgIpc) is 3.24. The smallest absolute Gasteiger partial charge is 0.234 e. The molecule has 0 spiro atoms. The van der Waals surface area contributed by atoms with Crippen LogP contribution < -0.4 is 4.90 Å². The van der Waals surface area contributed by atoms with Crippen molar-refractivity contribution in [3.63, 3.8) is 0 Å². The Labute approximate surface area is 156 Å². The predicted molar refractivity (Wildman–Crippen MR) is 107 cm³/mol. The minimum absolute atomic E-state index is 0.284. The molecule has 2 heterocycles. The Hall–Kier alpha value is -2.73. The van der Waals surface area contributed by atoms with Crippen molar-refractivity contribution in [3.05, 3.63) is 65.2 Å². The van der Waals surface area contributed by atoms with E-state index in [0.29, 0.717) is 0 Å². The summed E-state index contributed by atoms with van der Waals surface area (Å²) in [7, 11) is 4.07. The lowest BCUT2D eigenvalue weighted by Gasteiger charge is -2.12. The molecule has 0 unspecified atom stereocenters. The summed E-state index contributed by atoms with van der Waals surface area (Å²) in [6.07, 6.45) is 1.00. The highest BCUT2D eigenvalue weighted by Crippen LogP contribution is 2.32. The van der Waals surface area contributed by atoms with Crippen LogP contribution in [0.15, 0.2) is 54.6 Å². The fraction of sp³-hybridized carbons (Fsp3) is 0.250. The molecule has 4 aromatic rings. The number of hydrogen-bond acceptors (Lipinski definition) is 5. The molecule has 0 saturated heterocycles. The third kappa shape index (κ3) is 2.97. The van der Waals surface area contributed by atoms with Gasteiger partial charge < -0.3 is 4.90 Å². The van der Waals surface area contributed by atoms with Crippen molar-refractivity contribution in [2.75, 3.05) is 19.0 Å². The van der Waals surface area contributed by atoms with Gasteiger partial charge in [0.2, 0.25) is 4.96 Å². The molecule has 26 heavy (non-hydrogen) atoms. The molecule has 6 heteroatoms. The maximum Gasteiger partial charge on any atom is 0.234 e. The van der Waals surface area contributed by atoms with Gasteiger partial charge in [0.15, 0.2) is 5.82 Å². The SMILES string of the molecule is CC[C@@H](c1ccccc1)c1nn2c(-c3ccc(N(C)C)cc3)nnc2s1. The van der Waals surface area contributed by atoms with Crippen LogP contribution in [-0.4, -0.2) is 33.9 Å². The van der Waals surface area contributed by atoms with E-state index in [0.717, 1.165) is 33.5 Å². The van der Waals surface area contributed by atoms with Gasteiger partial charge in [-0.2, -0.15) is 9.61 Å². The Morgan fingerprint density at radius 1 is 1.00 bits per heavy atom. The molecular weight excluding hydrogens is 342 g/mol. The van der Waals surface area contributed by atoms with Crippen LogP contribution in [0.4, 0.5) is 5.69 Å². The van der Waals surface area contributed by atoms with Gasteiger partial charge in [-0.3, -0.25) is 0 Å². The third-order valence-corrected chi connectivity index (χ3v) is 5.57. The van der Waals surface area contributed by atoms with E-state index in [1.54, 1.807) is 11.3 Å². The van der Waals surface area contributed by atoms with Crippen LogP contribution in [0.2, 0.25) is 0 Å². The van der Waals surface area contributed by atoms with E-state index < -0.39 is 0 Å². The van der Waals surface area contributed by atoms with Crippen molar-refractivity contribution in [1.29, 1.82) is 0 Å². The number of anilines is 1. The lowest BCUT2D eigenvalue weighted by molar-refractivity contribution is 0.743. The summed E-state index contributed by atoms with van der Waals surface area (Å²) in [5, 5.41) is 14.6. The minimum atomic E-state index is 0.284. The van der Waals surface area contributed by atoms with Gasteiger partial charge in [0.1, 0.15) is 5.01 Å². The second kappa shape index (κ2) is 6.88. The van der Waals surface area contributed by atoms with Crippen LogP contribution in [0.1, 0.15) is 29.8 Å². The molecule has 5 nitrogen and oxygen atoms in total. The largest absolute Gasteiger partial charge is 0.378 e. The highest BCUT2D eigenvalue weighted by atomic mass is 32.1. The van der Waals surface area contributed by atoms with Gasteiger partial charge in [-0.15, -0.1) is 10.2 Å². The number of aromatic nitrogens is 4. The first-order valence-electron chi connectivity index (χ1n) is 8.72. The Morgan fingerprint density at radius 2 is 1.73 bits per heavy atom. The van der Waals surface area contributed by atoms with E-state index in [4.69, 9.17) is 5.10 Å². The minimum Gasteiger partial charge on any atom is -0.378 e. The summed E-state index contributed by atoms with van der Waals surface area (Å²) in [5.41, 5.74) is 3.47. The molecule has 0 N–H and O–H groups in total. The molecule has 0 amide bonds. The fourth-order valence-electron chi connectivity index (χ4n) is 3.10. The second-order valence-corrected chi connectivity index (χ2v) is 7.46. The second-order valence-electron chi connectivity index (χ2n) is 6.47. The Kier molecular flexibility index (Phi) is 4.42. The van der Waals surface area contributed by atoms with Gasteiger partial charge in [0.25, 0.3) is 0 Å². The number of nitrogens with zero attached hydrogens (tertiary/aromatic N) is 5. The first-order valence-corrected chi connectivity index (χ1v) is 9.54. The van der Waals surface area contributed by atoms with Gasteiger partial charge in [-0.05, 0) is 36.2 Å². The van der Waals surface area contributed by atoms with Crippen molar-refractivity contribution in [3.8, 4) is 11.4 Å². The molecule has 4 rings (SSSR count). The van der Waals surface area contributed by atoms with Gasteiger partial charge in [0, 0.05) is 31.3 Å². The van der Waals surface area contributed by atoms with Crippen molar-refractivity contribution >= 4 is 22.0 Å². The molecular formula is C20H21N5S. The average molecular weight is 363 g/mol. The number of fused-ring (bicyclic) bond motifs is 1. The van der Waals surface area contributed by atoms with Crippen molar-refractivity contribution in [2.45, 2.75) is 19.3 Å². The monoisotopic (exact) mass is 363 g/mol. The first-order chi connectivity index (χ1) is 12.7. The molecule has 132 valence electrons. The number of hydrogen-bond donors (Lipinski definition) is 0. The van der Waals surface area contributed by atoms with Crippen LogP contribution in [0.25, 0.3) is 16.3 Å². The van der Waals surface area contributed by atoms with E-state index in [9.17, 15) is 0 Å². The standard InChI is InChI=1S/C20H21N5S/c1-4-17(14-8-6-5-7-9-14)19-23-25-18(21-22-20(25)26-19)15-10-12-16(13-11-15)24(2)3/h5-13,17H,4H2,1-3H3/t17-/m0/s1. The summed E-state index contributed by atoms with van der Waals surface area (Å²) >= 11 is 1.62. The Morgan fingerprint density at radius 3 is 2.38 bits per heavy atom. The number of benzene rings is 2. The predicted octanol–water partition coefficient (Wildman–Crippen LogP) is 4.46. The van der Waals surface area contributed by atoms with Crippen molar-refractivity contribution in [2.24, 2.45) is 0 Å². The topological polar surface area (TPSA) is 46.3 Å². The van der Waals surface area contributed by atoms with Crippen LogP contribution in [0.5, 0.6) is 0 Å². The maximum absolute atomic E-state index is 4.85. The van der Waals surface area contributed by atoms with E-state index >= 15 is 0 Å². The molecule has 0 saturated carbocycles. The summed E-state index contributed by atoms with van der Waals surface area (Å²) in [5.74, 6) is 1.07. The molecule has 0 aliphatic rings. The molecule has 0 radical (unpaired) electrons. The summed E-state index contributed by atoms with van der Waals surface area (Å²) < 4.78 is 1.87. The van der Waals surface area contributed by atoms with E-state index in [-0.39, 0.29) is 5.92 Å². The molecule has 0 bridgehead atoms. The lowest BCUT2D eigenvalue weighted by Crippen LogP contribution is -2.08. The zero-order valence-corrected chi connectivity index (χ0v) is 15.9. The summed E-state index contributed by atoms with van der Waals surface area (Å²) in [6.45, 7) is 2.20. The van der Waals surface area contributed by atoms with Crippen molar-refractivity contribution < 1.29 is 0 Å². The highest BCUT2D eigenvalue weighted by molar-refractivity contribution is 7.16. The first kappa shape index (κ1) is 16.7. The van der Waals surface area contributed by atoms with E-state index in [2.05, 4.69) is 70.6 Å². The Balaban J connectivity index is 1.73. The number of rotatable bonds is 5. The molecule has 0 fully saturated rings. The van der Waals surface area contributed by atoms with Crippen molar-refractivity contribution in [1.82, 2.24) is 19.8 Å². The zero-order chi connectivity index (χ0) is 18.1. The maximum atomic E-state index is 4.85. The summed E-state index contributed by atoms with van der Waals surface area (Å²) in [6, 6.07) is 18.8. The lowest BCUT2D eigenvalue weighted by atomic mass is 9.97. The summed E-state index contributed by atoms with van der Waals surface area (Å²) in [4.78, 5) is 2.91. The van der Waals surface area contributed by atoms with Crippen LogP contribution in [-0.2, 0) is 0 Å². The van der Waals surface area contributed by atoms with Gasteiger partial charge in [-0.25, -0.2) is 0 Å². The van der Waals surface area contributed by atoms with E-state index in [1.165, 1.54) is 5.56 Å². The van der Waals surface area contributed by atoms with Gasteiger partial charge in [0.05, 0.1) is 0 Å². The van der Waals surface area contributed by atoms with Crippen LogP contribution in [0, 0.1) is 0 Å². The molecule has 0 aliphatic carbocycles. The molecule has 1 atom stereocenters. The zero-order valence-electron chi connectivity index (χ0n) is 15.1. The quantitative estimate of drug-likeness (QED) is 0.525. The van der Waals surface area contributed by atoms with Crippen LogP contribution >= 0.6 is 11.3 Å². The molecule has 2 aromatic heterocycles. The van der Waals surface area contributed by atoms with E-state index in [1.807, 2.05) is 24.7 Å². The third-order valence-electron chi connectivity index (χ3n) is 4.56. The Bertz CT molecular complexity index is 1000.